The Morgan fingerprint density at radius 1 is 0.688 bits per heavy atom. The van der Waals surface area contributed by atoms with Gasteiger partial charge in [0, 0.05) is 6.42 Å². The second-order valence-corrected chi connectivity index (χ2v) is 14.1. The van der Waals surface area contributed by atoms with Gasteiger partial charge < -0.3 is 40.3 Å². The molecule has 0 aromatic heterocycles. The molecule has 1 aliphatic heterocycles. The summed E-state index contributed by atoms with van der Waals surface area (Å²) < 4.78 is 11.2. The Morgan fingerprint density at radius 2 is 1.17 bits per heavy atom. The lowest BCUT2D eigenvalue weighted by Gasteiger charge is -2.40. The van der Waals surface area contributed by atoms with Gasteiger partial charge in [0.1, 0.15) is 24.4 Å². The van der Waals surface area contributed by atoms with Crippen LogP contribution in [0.2, 0.25) is 0 Å². The molecule has 0 radical (unpaired) electrons. The van der Waals surface area contributed by atoms with Crippen LogP contribution in [0.1, 0.15) is 174 Å². The molecule has 48 heavy (non-hydrogen) atoms. The number of unbranched alkanes of at least 4 members (excludes halogenated alkanes) is 20. The van der Waals surface area contributed by atoms with Crippen LogP contribution in [-0.2, 0) is 14.3 Å². The molecule has 0 aromatic rings. The highest BCUT2D eigenvalue weighted by Crippen LogP contribution is 2.23. The average Bonchev–Trinajstić information content (AvgIpc) is 3.08. The highest BCUT2D eigenvalue weighted by atomic mass is 16.7. The number of hydrogen-bond donors (Lipinski definition) is 6. The first-order valence-corrected chi connectivity index (χ1v) is 19.9. The summed E-state index contributed by atoms with van der Waals surface area (Å²) in [5, 5.41) is 54.0. The zero-order chi connectivity index (χ0) is 35.2. The molecule has 1 saturated heterocycles. The molecule has 7 atom stereocenters. The average molecular weight is 686 g/mol. The predicted molar refractivity (Wildman–Crippen MR) is 194 cm³/mol. The van der Waals surface area contributed by atoms with Crippen molar-refractivity contribution in [1.29, 1.82) is 0 Å². The molecule has 9 nitrogen and oxygen atoms in total. The Morgan fingerprint density at radius 3 is 1.69 bits per heavy atom. The number of carbonyl (C=O) groups excluding carboxylic acids is 1. The summed E-state index contributed by atoms with van der Waals surface area (Å²) in [5.74, 6) is -0.155. The van der Waals surface area contributed by atoms with E-state index in [2.05, 4.69) is 31.3 Å². The number of amides is 1. The van der Waals surface area contributed by atoms with Crippen LogP contribution in [0.5, 0.6) is 0 Å². The van der Waals surface area contributed by atoms with Crippen molar-refractivity contribution in [1.82, 2.24) is 5.32 Å². The predicted octanol–water partition coefficient (Wildman–Crippen LogP) is 7.00. The third kappa shape index (κ3) is 21.9. The maximum atomic E-state index is 12.9. The fourth-order valence-corrected chi connectivity index (χ4v) is 6.33. The summed E-state index contributed by atoms with van der Waals surface area (Å²) in [4.78, 5) is 12.9. The van der Waals surface area contributed by atoms with Crippen LogP contribution in [-0.4, -0.2) is 87.5 Å². The van der Waals surface area contributed by atoms with E-state index in [1.54, 1.807) is 0 Å². The van der Waals surface area contributed by atoms with E-state index in [-0.39, 0.29) is 12.5 Å². The normalized spacial score (nSPS) is 22.7. The van der Waals surface area contributed by atoms with Crippen LogP contribution in [0.3, 0.4) is 0 Å². The lowest BCUT2D eigenvalue weighted by Crippen LogP contribution is -2.60. The smallest absolute Gasteiger partial charge is 0.220 e. The quantitative estimate of drug-likeness (QED) is 0.0328. The lowest BCUT2D eigenvalue weighted by atomic mass is 9.99. The van der Waals surface area contributed by atoms with Crippen LogP contribution in [0.4, 0.5) is 0 Å². The molecule has 6 N–H and O–H groups in total. The van der Waals surface area contributed by atoms with Crippen molar-refractivity contribution < 1.29 is 39.8 Å². The monoisotopic (exact) mass is 686 g/mol. The molecule has 1 aliphatic rings. The molecule has 0 spiro atoms. The molecule has 1 fully saturated rings. The first-order valence-electron chi connectivity index (χ1n) is 19.9. The molecule has 1 heterocycles. The highest BCUT2D eigenvalue weighted by Gasteiger charge is 2.44. The van der Waals surface area contributed by atoms with E-state index < -0.39 is 49.5 Å². The summed E-state index contributed by atoms with van der Waals surface area (Å²) >= 11 is 0. The molecule has 0 saturated carbocycles. The largest absolute Gasteiger partial charge is 0.394 e. The van der Waals surface area contributed by atoms with E-state index in [1.807, 2.05) is 0 Å². The minimum Gasteiger partial charge on any atom is -0.394 e. The zero-order valence-electron chi connectivity index (χ0n) is 30.7. The van der Waals surface area contributed by atoms with Gasteiger partial charge in [-0.3, -0.25) is 4.79 Å². The Hall–Kier alpha value is -1.07. The topological polar surface area (TPSA) is 149 Å². The molecule has 9 heteroatoms. The number of nitrogens with one attached hydrogen (secondary N) is 1. The van der Waals surface area contributed by atoms with Crippen LogP contribution < -0.4 is 5.32 Å². The summed E-state index contributed by atoms with van der Waals surface area (Å²) in [7, 11) is 0. The number of aliphatic hydroxyl groups is 5. The van der Waals surface area contributed by atoms with Crippen molar-refractivity contribution in [3.8, 4) is 0 Å². The number of aliphatic hydroxyl groups excluding tert-OH is 5. The number of carbonyl (C=O) groups is 1. The minimum absolute atomic E-state index is 0.146. The van der Waals surface area contributed by atoms with Gasteiger partial charge in [0.2, 0.25) is 5.91 Å². The molecule has 0 aliphatic carbocycles. The number of hydrogen-bond acceptors (Lipinski definition) is 8. The zero-order valence-corrected chi connectivity index (χ0v) is 30.7. The van der Waals surface area contributed by atoms with Crippen LogP contribution >= 0.6 is 0 Å². The third-order valence-corrected chi connectivity index (χ3v) is 9.62. The molecule has 0 bridgehead atoms. The van der Waals surface area contributed by atoms with Crippen molar-refractivity contribution in [2.75, 3.05) is 13.2 Å². The van der Waals surface area contributed by atoms with Crippen molar-refractivity contribution in [3.63, 3.8) is 0 Å². The van der Waals surface area contributed by atoms with Gasteiger partial charge in [-0.05, 0) is 38.5 Å². The molecule has 1 rings (SSSR count). The van der Waals surface area contributed by atoms with Crippen molar-refractivity contribution in [3.05, 3.63) is 12.2 Å². The van der Waals surface area contributed by atoms with Crippen LogP contribution in [0.15, 0.2) is 12.2 Å². The Balaban J connectivity index is 2.43. The second-order valence-electron chi connectivity index (χ2n) is 14.1. The standard InChI is InChI=1S/C39H75NO8/c1-3-5-7-9-11-13-15-17-19-21-23-25-27-29-35(43)40-32(31-47-39-38(46)37(45)36(44)34(30-41)48-39)33(42)28-26-24-22-20-18-16-14-12-10-8-6-4-2/h18,20,32-34,36-39,41-42,44-46H,3-17,19,21-31H2,1-2H3,(H,40,43)/b20-18+/t32-,33+,34-,36-,37?,38?,39-/m0/s1. The van der Waals surface area contributed by atoms with Crippen LogP contribution in [0.25, 0.3) is 0 Å². The number of rotatable bonds is 32. The molecule has 0 aromatic carbocycles. The first kappa shape index (κ1) is 45.0. The maximum Gasteiger partial charge on any atom is 0.220 e. The fraction of sp³-hybridized carbons (Fsp3) is 0.923. The van der Waals surface area contributed by atoms with Gasteiger partial charge in [0.05, 0.1) is 25.4 Å². The van der Waals surface area contributed by atoms with Crippen LogP contribution in [0, 0.1) is 0 Å². The van der Waals surface area contributed by atoms with E-state index in [1.165, 1.54) is 103 Å². The van der Waals surface area contributed by atoms with E-state index in [9.17, 15) is 30.3 Å². The molecule has 1 amide bonds. The van der Waals surface area contributed by atoms with Gasteiger partial charge in [-0.25, -0.2) is 0 Å². The SMILES string of the molecule is CCCCCCCC/C=C/CCCC[C@@H](O)[C@H](CO[C@H]1O[C@@H](CO)[C@H](O)C(O)C1O)NC(=O)CCCCCCCCCCCCCCC. The first-order chi connectivity index (χ1) is 23.3. The summed E-state index contributed by atoms with van der Waals surface area (Å²) in [6.07, 6.45) is 25.0. The van der Waals surface area contributed by atoms with Crippen molar-refractivity contribution in [2.24, 2.45) is 0 Å². The molecular weight excluding hydrogens is 610 g/mol. The van der Waals surface area contributed by atoms with E-state index >= 15 is 0 Å². The minimum atomic E-state index is -1.55. The highest BCUT2D eigenvalue weighted by molar-refractivity contribution is 5.76. The number of allylic oxidation sites excluding steroid dienone is 2. The Labute approximate surface area is 293 Å². The van der Waals surface area contributed by atoms with Gasteiger partial charge in [-0.1, -0.05) is 142 Å². The molecular formula is C39H75NO8. The van der Waals surface area contributed by atoms with E-state index in [4.69, 9.17) is 9.47 Å². The fourth-order valence-electron chi connectivity index (χ4n) is 6.33. The van der Waals surface area contributed by atoms with Gasteiger partial charge in [0.15, 0.2) is 6.29 Å². The van der Waals surface area contributed by atoms with Crippen molar-refractivity contribution in [2.45, 2.75) is 217 Å². The Bertz CT molecular complexity index is 766. The van der Waals surface area contributed by atoms with Crippen molar-refractivity contribution >= 4 is 5.91 Å². The molecule has 284 valence electrons. The summed E-state index contributed by atoms with van der Waals surface area (Å²) in [5.41, 5.74) is 0. The summed E-state index contributed by atoms with van der Waals surface area (Å²) in [6.45, 7) is 3.78. The molecule has 2 unspecified atom stereocenters. The maximum absolute atomic E-state index is 12.9. The van der Waals surface area contributed by atoms with E-state index in [0.717, 1.165) is 44.9 Å². The lowest BCUT2D eigenvalue weighted by molar-refractivity contribution is -0.302. The third-order valence-electron chi connectivity index (χ3n) is 9.62. The van der Waals surface area contributed by atoms with Gasteiger partial charge >= 0.3 is 0 Å². The van der Waals surface area contributed by atoms with Gasteiger partial charge in [0.25, 0.3) is 0 Å². The Kier molecular flexibility index (Phi) is 28.8. The van der Waals surface area contributed by atoms with E-state index in [0.29, 0.717) is 12.8 Å². The number of ether oxygens (including phenoxy) is 2. The summed E-state index contributed by atoms with van der Waals surface area (Å²) in [6, 6.07) is -0.727. The van der Waals surface area contributed by atoms with Gasteiger partial charge in [-0.15, -0.1) is 0 Å². The second kappa shape index (κ2) is 30.7. The van der Waals surface area contributed by atoms with Gasteiger partial charge in [-0.2, -0.15) is 0 Å².